The quantitative estimate of drug-likeness (QED) is 0.788. The summed E-state index contributed by atoms with van der Waals surface area (Å²) in [6.45, 7) is 2.60. The molecule has 0 spiro atoms. The number of esters is 1. The Kier molecular flexibility index (Phi) is 5.86. The van der Waals surface area contributed by atoms with Crippen molar-refractivity contribution in [2.75, 3.05) is 13.2 Å². The van der Waals surface area contributed by atoms with Gasteiger partial charge in [0, 0.05) is 12.5 Å². The highest BCUT2D eigenvalue weighted by Gasteiger charge is 2.34. The van der Waals surface area contributed by atoms with Gasteiger partial charge >= 0.3 is 5.97 Å². The Morgan fingerprint density at radius 2 is 1.85 bits per heavy atom. The first-order valence-electron chi connectivity index (χ1n) is 8.14. The Morgan fingerprint density at radius 1 is 1.10 bits per heavy atom. The summed E-state index contributed by atoms with van der Waals surface area (Å²) in [5, 5.41) is 2.90. The van der Waals surface area contributed by atoms with Crippen LogP contribution in [0.2, 0.25) is 0 Å². The van der Waals surface area contributed by atoms with Crippen LogP contribution < -0.4 is 5.32 Å². The maximum absolute atomic E-state index is 12.1. The lowest BCUT2D eigenvalue weighted by Gasteiger charge is -2.38. The molecular formula is C16H27NO3. The van der Waals surface area contributed by atoms with E-state index >= 15 is 0 Å². The van der Waals surface area contributed by atoms with Crippen molar-refractivity contribution in [3.63, 3.8) is 0 Å². The lowest BCUT2D eigenvalue weighted by atomic mass is 9.67. The van der Waals surface area contributed by atoms with Gasteiger partial charge in [-0.1, -0.05) is 25.7 Å². The normalized spacial score (nSPS) is 29.4. The Hall–Kier alpha value is -1.06. The summed E-state index contributed by atoms with van der Waals surface area (Å²) in [7, 11) is 0. The number of nitrogens with one attached hydrogen (secondary N) is 1. The van der Waals surface area contributed by atoms with Crippen LogP contribution in [0.3, 0.4) is 0 Å². The van der Waals surface area contributed by atoms with Gasteiger partial charge in [-0.25, -0.2) is 0 Å². The molecule has 0 aliphatic heterocycles. The van der Waals surface area contributed by atoms with Gasteiger partial charge in [-0.2, -0.15) is 0 Å². The zero-order valence-corrected chi connectivity index (χ0v) is 12.5. The van der Waals surface area contributed by atoms with E-state index in [4.69, 9.17) is 4.74 Å². The van der Waals surface area contributed by atoms with Crippen molar-refractivity contribution < 1.29 is 14.3 Å². The highest BCUT2D eigenvalue weighted by Crippen LogP contribution is 2.42. The van der Waals surface area contributed by atoms with E-state index < -0.39 is 0 Å². The second-order valence-corrected chi connectivity index (χ2v) is 6.16. The summed E-state index contributed by atoms with van der Waals surface area (Å²) in [5.74, 6) is 1.70. The van der Waals surface area contributed by atoms with E-state index in [9.17, 15) is 9.59 Å². The fourth-order valence-corrected chi connectivity index (χ4v) is 3.78. The predicted octanol–water partition coefficient (Wildman–Crippen LogP) is 2.66. The zero-order chi connectivity index (χ0) is 14.4. The van der Waals surface area contributed by atoms with Crippen molar-refractivity contribution in [2.45, 2.75) is 58.3 Å². The molecule has 4 heteroatoms. The summed E-state index contributed by atoms with van der Waals surface area (Å²) in [4.78, 5) is 23.4. The van der Waals surface area contributed by atoms with Crippen LogP contribution in [-0.2, 0) is 14.3 Å². The molecule has 4 nitrogen and oxygen atoms in total. The summed E-state index contributed by atoms with van der Waals surface area (Å²) >= 11 is 0. The van der Waals surface area contributed by atoms with Crippen molar-refractivity contribution in [1.82, 2.24) is 5.32 Å². The van der Waals surface area contributed by atoms with Crippen LogP contribution in [0.5, 0.6) is 0 Å². The SMILES string of the molecule is CCOC(=O)CCNC(=O)C1CCC2CCCCC2C1. The zero-order valence-electron chi connectivity index (χ0n) is 12.5. The third kappa shape index (κ3) is 4.22. The van der Waals surface area contributed by atoms with E-state index in [-0.39, 0.29) is 24.2 Å². The number of carbonyl (C=O) groups is 2. The number of ether oxygens (including phenoxy) is 1. The van der Waals surface area contributed by atoms with Crippen LogP contribution >= 0.6 is 0 Å². The second-order valence-electron chi connectivity index (χ2n) is 6.16. The summed E-state index contributed by atoms with van der Waals surface area (Å²) in [6.07, 6.45) is 8.93. The Bertz CT molecular complexity index is 343. The van der Waals surface area contributed by atoms with Crippen LogP contribution in [0.1, 0.15) is 58.3 Å². The predicted molar refractivity (Wildman–Crippen MR) is 77.0 cm³/mol. The van der Waals surface area contributed by atoms with Crippen molar-refractivity contribution in [3.05, 3.63) is 0 Å². The Labute approximate surface area is 121 Å². The van der Waals surface area contributed by atoms with Gasteiger partial charge in [-0.15, -0.1) is 0 Å². The van der Waals surface area contributed by atoms with E-state index in [1.165, 1.54) is 32.1 Å². The standard InChI is InChI=1S/C16H27NO3/c1-2-20-15(18)9-10-17-16(19)14-8-7-12-5-3-4-6-13(12)11-14/h12-14H,2-11H2,1H3,(H,17,19). The molecule has 2 saturated carbocycles. The maximum atomic E-state index is 12.1. The molecule has 2 fully saturated rings. The first-order valence-corrected chi connectivity index (χ1v) is 8.14. The molecule has 3 atom stereocenters. The number of hydrogen-bond donors (Lipinski definition) is 1. The van der Waals surface area contributed by atoms with Crippen molar-refractivity contribution >= 4 is 11.9 Å². The molecule has 3 unspecified atom stereocenters. The minimum atomic E-state index is -0.233. The number of carbonyl (C=O) groups excluding carboxylic acids is 2. The van der Waals surface area contributed by atoms with Crippen molar-refractivity contribution in [2.24, 2.45) is 17.8 Å². The molecule has 0 aromatic rings. The van der Waals surface area contributed by atoms with Gasteiger partial charge in [-0.05, 0) is 38.0 Å². The molecule has 2 rings (SSSR count). The molecule has 2 aliphatic carbocycles. The molecule has 0 aromatic heterocycles. The fraction of sp³-hybridized carbons (Fsp3) is 0.875. The van der Waals surface area contributed by atoms with E-state index in [2.05, 4.69) is 5.32 Å². The van der Waals surface area contributed by atoms with Gasteiger partial charge in [-0.3, -0.25) is 9.59 Å². The van der Waals surface area contributed by atoms with Crippen LogP contribution in [0.15, 0.2) is 0 Å². The number of amides is 1. The average molecular weight is 281 g/mol. The molecule has 1 amide bonds. The Balaban J connectivity index is 1.69. The van der Waals surface area contributed by atoms with Gasteiger partial charge in [0.1, 0.15) is 0 Å². The molecule has 0 bridgehead atoms. The number of rotatable bonds is 5. The molecule has 0 radical (unpaired) electrons. The first-order chi connectivity index (χ1) is 9.70. The van der Waals surface area contributed by atoms with Gasteiger partial charge in [0.25, 0.3) is 0 Å². The van der Waals surface area contributed by atoms with Crippen molar-refractivity contribution in [1.29, 1.82) is 0 Å². The largest absolute Gasteiger partial charge is 0.466 e. The molecular weight excluding hydrogens is 254 g/mol. The summed E-state index contributed by atoms with van der Waals surface area (Å²) in [5.41, 5.74) is 0. The third-order valence-corrected chi connectivity index (χ3v) is 4.84. The molecule has 2 aliphatic rings. The highest BCUT2D eigenvalue weighted by atomic mass is 16.5. The van der Waals surface area contributed by atoms with Gasteiger partial charge in [0.05, 0.1) is 13.0 Å². The van der Waals surface area contributed by atoms with E-state index in [0.29, 0.717) is 13.2 Å². The van der Waals surface area contributed by atoms with Crippen molar-refractivity contribution in [3.8, 4) is 0 Å². The minimum absolute atomic E-state index is 0.137. The average Bonchev–Trinajstić information content (AvgIpc) is 2.47. The van der Waals surface area contributed by atoms with Crippen LogP contribution in [0, 0.1) is 17.8 Å². The maximum Gasteiger partial charge on any atom is 0.307 e. The van der Waals surface area contributed by atoms with Gasteiger partial charge < -0.3 is 10.1 Å². The van der Waals surface area contributed by atoms with Gasteiger partial charge in [0.15, 0.2) is 0 Å². The van der Waals surface area contributed by atoms with E-state index in [1.54, 1.807) is 6.92 Å². The molecule has 0 aromatic carbocycles. The summed E-state index contributed by atoms with van der Waals surface area (Å²) < 4.78 is 4.85. The van der Waals surface area contributed by atoms with E-state index in [0.717, 1.165) is 24.7 Å². The van der Waals surface area contributed by atoms with Crippen LogP contribution in [0.25, 0.3) is 0 Å². The van der Waals surface area contributed by atoms with E-state index in [1.807, 2.05) is 0 Å². The summed E-state index contributed by atoms with van der Waals surface area (Å²) in [6, 6.07) is 0. The Morgan fingerprint density at radius 3 is 2.60 bits per heavy atom. The lowest BCUT2D eigenvalue weighted by molar-refractivity contribution is -0.143. The third-order valence-electron chi connectivity index (χ3n) is 4.84. The second kappa shape index (κ2) is 7.65. The number of hydrogen-bond acceptors (Lipinski definition) is 3. The molecule has 20 heavy (non-hydrogen) atoms. The van der Waals surface area contributed by atoms with Crippen LogP contribution in [-0.4, -0.2) is 25.0 Å². The smallest absolute Gasteiger partial charge is 0.307 e. The minimum Gasteiger partial charge on any atom is -0.466 e. The van der Waals surface area contributed by atoms with Crippen LogP contribution in [0.4, 0.5) is 0 Å². The number of fused-ring (bicyclic) bond motifs is 1. The topological polar surface area (TPSA) is 55.4 Å². The van der Waals surface area contributed by atoms with Gasteiger partial charge in [0.2, 0.25) is 5.91 Å². The molecule has 114 valence electrons. The highest BCUT2D eigenvalue weighted by molar-refractivity contribution is 5.79. The molecule has 0 saturated heterocycles. The molecule has 0 heterocycles. The monoisotopic (exact) mass is 281 g/mol. The lowest BCUT2D eigenvalue weighted by Crippen LogP contribution is -2.38. The molecule has 1 N–H and O–H groups in total. The fourth-order valence-electron chi connectivity index (χ4n) is 3.78. The first kappa shape index (κ1) is 15.3.